The van der Waals surface area contributed by atoms with Gasteiger partial charge < -0.3 is 15.4 Å². The molecule has 0 unspecified atom stereocenters. The number of aromatic nitrogens is 2. The molecule has 1 atom stereocenters. The van der Waals surface area contributed by atoms with E-state index in [0.717, 1.165) is 11.3 Å². The number of ether oxygens (including phenoxy) is 1. The smallest absolute Gasteiger partial charge is 0.335 e. The average Bonchev–Trinajstić information content (AvgIpc) is 3.14. The van der Waals surface area contributed by atoms with Crippen LogP contribution in [-0.2, 0) is 9.53 Å². The van der Waals surface area contributed by atoms with Crippen molar-refractivity contribution in [2.24, 2.45) is 0 Å². The number of nitrogens with one attached hydrogen (secondary N) is 2. The van der Waals surface area contributed by atoms with Gasteiger partial charge in [0.2, 0.25) is 5.13 Å². The number of methoxy groups -OCH3 is 1. The zero-order chi connectivity index (χ0) is 19.2. The summed E-state index contributed by atoms with van der Waals surface area (Å²) in [6, 6.07) is 15.5. The van der Waals surface area contributed by atoms with Gasteiger partial charge in [-0.1, -0.05) is 47.2 Å². The standard InChI is InChI=1S/C19H18N4O3S/c1-12-8-10-13(11-9-12)16(24)21-15(18(25)26-2)17-22-23-19(27-17)20-14-6-4-3-5-7-14/h3-11,15H,1-2H3,(H,20,23)(H,21,24)/t15-/m0/s1. The van der Waals surface area contributed by atoms with E-state index < -0.39 is 17.9 Å². The molecule has 3 aromatic rings. The number of nitrogens with zero attached hydrogens (tertiary/aromatic N) is 2. The Hall–Kier alpha value is -3.26. The maximum absolute atomic E-state index is 12.5. The summed E-state index contributed by atoms with van der Waals surface area (Å²) in [5, 5.41) is 14.7. The zero-order valence-electron chi connectivity index (χ0n) is 14.8. The molecule has 2 N–H and O–H groups in total. The largest absolute Gasteiger partial charge is 0.467 e. The molecule has 0 saturated carbocycles. The Morgan fingerprint density at radius 3 is 2.41 bits per heavy atom. The van der Waals surface area contributed by atoms with Crippen LogP contribution in [0, 0.1) is 6.92 Å². The van der Waals surface area contributed by atoms with E-state index in [-0.39, 0.29) is 0 Å². The molecule has 0 fully saturated rings. The van der Waals surface area contributed by atoms with Crippen LogP contribution in [0.15, 0.2) is 54.6 Å². The third kappa shape index (κ3) is 4.68. The number of rotatable bonds is 6. The average molecular weight is 382 g/mol. The van der Waals surface area contributed by atoms with Crippen LogP contribution in [0.5, 0.6) is 0 Å². The van der Waals surface area contributed by atoms with Gasteiger partial charge in [0.25, 0.3) is 5.91 Å². The van der Waals surface area contributed by atoms with Gasteiger partial charge in [-0.3, -0.25) is 4.79 Å². The second-order valence-electron chi connectivity index (χ2n) is 5.73. The highest BCUT2D eigenvalue weighted by molar-refractivity contribution is 7.15. The molecule has 8 heteroatoms. The number of hydrogen-bond acceptors (Lipinski definition) is 7. The minimum atomic E-state index is -1.03. The molecule has 0 spiro atoms. The summed E-state index contributed by atoms with van der Waals surface area (Å²) >= 11 is 1.17. The summed E-state index contributed by atoms with van der Waals surface area (Å²) < 4.78 is 4.82. The first-order chi connectivity index (χ1) is 13.1. The van der Waals surface area contributed by atoms with Crippen LogP contribution in [0.2, 0.25) is 0 Å². The monoisotopic (exact) mass is 382 g/mol. The lowest BCUT2D eigenvalue weighted by atomic mass is 10.1. The first kappa shape index (κ1) is 18.5. The molecule has 0 aliphatic heterocycles. The SMILES string of the molecule is COC(=O)[C@@H](NC(=O)c1ccc(C)cc1)c1nnc(Nc2ccccc2)s1. The van der Waals surface area contributed by atoms with Crippen molar-refractivity contribution in [3.05, 3.63) is 70.7 Å². The molecule has 0 radical (unpaired) electrons. The van der Waals surface area contributed by atoms with E-state index in [1.807, 2.05) is 49.4 Å². The van der Waals surface area contributed by atoms with Gasteiger partial charge in [-0.25, -0.2) is 4.79 Å². The summed E-state index contributed by atoms with van der Waals surface area (Å²) in [4.78, 5) is 24.7. The molecule has 138 valence electrons. The predicted octanol–water partition coefficient (Wildman–Crippen LogP) is 3.23. The fourth-order valence-electron chi connectivity index (χ4n) is 2.31. The molecular formula is C19H18N4O3S. The van der Waals surface area contributed by atoms with Crippen molar-refractivity contribution in [1.82, 2.24) is 15.5 Å². The number of hydrogen-bond donors (Lipinski definition) is 2. The summed E-state index contributed by atoms with van der Waals surface area (Å²) in [7, 11) is 1.26. The molecule has 2 aromatic carbocycles. The molecule has 0 saturated heterocycles. The number of anilines is 2. The molecule has 3 rings (SSSR count). The molecule has 1 aromatic heterocycles. The fraction of sp³-hybridized carbons (Fsp3) is 0.158. The first-order valence-electron chi connectivity index (χ1n) is 8.17. The predicted molar refractivity (Wildman–Crippen MR) is 103 cm³/mol. The molecule has 0 bridgehead atoms. The summed E-state index contributed by atoms with van der Waals surface area (Å²) in [5.41, 5.74) is 2.33. The third-order valence-electron chi connectivity index (χ3n) is 3.74. The van der Waals surface area contributed by atoms with Crippen molar-refractivity contribution in [1.29, 1.82) is 0 Å². The molecule has 1 amide bonds. The van der Waals surface area contributed by atoms with E-state index in [1.165, 1.54) is 18.4 Å². The molecule has 0 aliphatic rings. The van der Waals surface area contributed by atoms with E-state index in [9.17, 15) is 9.59 Å². The molecular weight excluding hydrogens is 364 g/mol. The quantitative estimate of drug-likeness (QED) is 0.636. The van der Waals surface area contributed by atoms with Crippen molar-refractivity contribution in [3.8, 4) is 0 Å². The Bertz CT molecular complexity index is 926. The Morgan fingerprint density at radius 2 is 1.74 bits per heavy atom. The van der Waals surface area contributed by atoms with Gasteiger partial charge in [0, 0.05) is 11.3 Å². The van der Waals surface area contributed by atoms with E-state index in [1.54, 1.807) is 12.1 Å². The van der Waals surface area contributed by atoms with Crippen molar-refractivity contribution < 1.29 is 14.3 Å². The Morgan fingerprint density at radius 1 is 1.04 bits per heavy atom. The van der Waals surface area contributed by atoms with E-state index in [4.69, 9.17) is 4.74 Å². The minimum absolute atomic E-state index is 0.334. The molecule has 0 aliphatic carbocycles. The molecule has 27 heavy (non-hydrogen) atoms. The van der Waals surface area contributed by atoms with Crippen LogP contribution in [-0.4, -0.2) is 29.2 Å². The van der Waals surface area contributed by atoms with Crippen LogP contribution in [0.3, 0.4) is 0 Å². The number of esters is 1. The van der Waals surface area contributed by atoms with Crippen LogP contribution < -0.4 is 10.6 Å². The van der Waals surface area contributed by atoms with Crippen LogP contribution >= 0.6 is 11.3 Å². The van der Waals surface area contributed by atoms with Gasteiger partial charge >= 0.3 is 5.97 Å². The van der Waals surface area contributed by atoms with E-state index in [2.05, 4.69) is 20.8 Å². The van der Waals surface area contributed by atoms with Gasteiger partial charge in [0.15, 0.2) is 11.0 Å². The number of carbonyl (C=O) groups excluding carboxylic acids is 2. The first-order valence-corrected chi connectivity index (χ1v) is 8.99. The number of benzene rings is 2. The zero-order valence-corrected chi connectivity index (χ0v) is 15.6. The van der Waals surface area contributed by atoms with Crippen molar-refractivity contribution in [2.45, 2.75) is 13.0 Å². The van der Waals surface area contributed by atoms with Gasteiger partial charge in [-0.15, -0.1) is 10.2 Å². The molecule has 1 heterocycles. The number of aryl methyl sites for hydroxylation is 1. The summed E-state index contributed by atoms with van der Waals surface area (Å²) in [6.45, 7) is 1.93. The second-order valence-corrected chi connectivity index (χ2v) is 6.74. The van der Waals surface area contributed by atoms with Gasteiger partial charge in [0.05, 0.1) is 7.11 Å². The highest BCUT2D eigenvalue weighted by atomic mass is 32.1. The topological polar surface area (TPSA) is 93.2 Å². The molecule has 7 nitrogen and oxygen atoms in total. The van der Waals surface area contributed by atoms with Gasteiger partial charge in [-0.05, 0) is 31.2 Å². The van der Waals surface area contributed by atoms with Crippen LogP contribution in [0.4, 0.5) is 10.8 Å². The normalized spacial score (nSPS) is 11.5. The highest BCUT2D eigenvalue weighted by Crippen LogP contribution is 2.25. The lowest BCUT2D eigenvalue weighted by molar-refractivity contribution is -0.143. The summed E-state index contributed by atoms with van der Waals surface area (Å²) in [5.74, 6) is -1.00. The van der Waals surface area contributed by atoms with E-state index >= 15 is 0 Å². The maximum Gasteiger partial charge on any atom is 0.335 e. The lowest BCUT2D eigenvalue weighted by Crippen LogP contribution is -2.34. The Labute approximate surface area is 160 Å². The Kier molecular flexibility index (Phi) is 5.77. The van der Waals surface area contributed by atoms with Crippen molar-refractivity contribution >= 4 is 34.0 Å². The van der Waals surface area contributed by atoms with Crippen molar-refractivity contribution in [3.63, 3.8) is 0 Å². The number of carbonyl (C=O) groups is 2. The lowest BCUT2D eigenvalue weighted by Gasteiger charge is -2.13. The van der Waals surface area contributed by atoms with Gasteiger partial charge in [0.1, 0.15) is 0 Å². The van der Waals surface area contributed by atoms with E-state index in [0.29, 0.717) is 15.7 Å². The number of para-hydroxylation sites is 1. The number of amides is 1. The van der Waals surface area contributed by atoms with Crippen LogP contribution in [0.1, 0.15) is 27.0 Å². The van der Waals surface area contributed by atoms with Crippen molar-refractivity contribution in [2.75, 3.05) is 12.4 Å². The second kappa shape index (κ2) is 8.41. The fourth-order valence-corrected chi connectivity index (χ4v) is 3.11. The minimum Gasteiger partial charge on any atom is -0.467 e. The Balaban J connectivity index is 1.78. The van der Waals surface area contributed by atoms with Crippen LogP contribution in [0.25, 0.3) is 0 Å². The highest BCUT2D eigenvalue weighted by Gasteiger charge is 2.28. The summed E-state index contributed by atoms with van der Waals surface area (Å²) in [6.07, 6.45) is 0. The third-order valence-corrected chi connectivity index (χ3v) is 4.64. The maximum atomic E-state index is 12.5. The van der Waals surface area contributed by atoms with Gasteiger partial charge in [-0.2, -0.15) is 0 Å².